The second-order valence-electron chi connectivity index (χ2n) is 5.52. The second-order valence-corrected chi connectivity index (χ2v) is 7.98. The predicted molar refractivity (Wildman–Crippen MR) is 103 cm³/mol. The quantitative estimate of drug-likeness (QED) is 0.686. The third kappa shape index (κ3) is 5.40. The van der Waals surface area contributed by atoms with E-state index in [1.54, 1.807) is 31.2 Å². The molecule has 1 aromatic carbocycles. The second kappa shape index (κ2) is 8.26. The van der Waals surface area contributed by atoms with E-state index in [4.69, 9.17) is 0 Å². The van der Waals surface area contributed by atoms with Crippen LogP contribution in [0.15, 0.2) is 34.1 Å². The third-order valence-corrected chi connectivity index (χ3v) is 4.90. The van der Waals surface area contributed by atoms with Crippen LogP contribution >= 0.6 is 27.3 Å². The number of aryl methyl sites for hydroxylation is 1. The molecular weight excluding hydrogens is 406 g/mol. The van der Waals surface area contributed by atoms with Crippen molar-refractivity contribution in [3.8, 4) is 0 Å². The third-order valence-electron chi connectivity index (χ3n) is 3.28. The summed E-state index contributed by atoms with van der Waals surface area (Å²) in [5.74, 6) is -0.921. The Bertz CT molecular complexity index is 819. The van der Waals surface area contributed by atoms with Crippen molar-refractivity contribution in [2.75, 3.05) is 10.6 Å². The van der Waals surface area contributed by atoms with Crippen molar-refractivity contribution < 1.29 is 14.4 Å². The number of thiophene rings is 1. The van der Waals surface area contributed by atoms with E-state index in [1.165, 1.54) is 18.3 Å². The lowest BCUT2D eigenvalue weighted by molar-refractivity contribution is -0.117. The van der Waals surface area contributed by atoms with Gasteiger partial charge in [0, 0.05) is 6.92 Å². The summed E-state index contributed by atoms with van der Waals surface area (Å²) in [5.41, 5.74) is 1.93. The van der Waals surface area contributed by atoms with Gasteiger partial charge >= 0.3 is 0 Å². The summed E-state index contributed by atoms with van der Waals surface area (Å²) < 4.78 is 0.842. The highest BCUT2D eigenvalue weighted by molar-refractivity contribution is 9.11. The molecule has 0 radical (unpaired) electrons. The smallest absolute Gasteiger partial charge is 0.262 e. The first-order valence-electron chi connectivity index (χ1n) is 7.51. The van der Waals surface area contributed by atoms with Crippen LogP contribution in [0.5, 0.6) is 0 Å². The number of hydrogen-bond acceptors (Lipinski definition) is 4. The van der Waals surface area contributed by atoms with Crippen molar-refractivity contribution in [2.45, 2.75) is 26.8 Å². The highest BCUT2D eigenvalue weighted by atomic mass is 79.9. The molecule has 0 bridgehead atoms. The van der Waals surface area contributed by atoms with Gasteiger partial charge in [0.05, 0.1) is 20.0 Å². The number of rotatable bonds is 5. The van der Waals surface area contributed by atoms with Crippen LogP contribution in [0.1, 0.15) is 29.1 Å². The summed E-state index contributed by atoms with van der Waals surface area (Å²) in [6, 6.07) is 8.04. The van der Waals surface area contributed by atoms with Crippen molar-refractivity contribution in [1.29, 1.82) is 0 Å². The Morgan fingerprint density at radius 1 is 1.08 bits per heavy atom. The standard InChI is InChI=1S/C17H18BrN3O3S/c1-9-4-5-12(20-11(3)22)13(8-9)21-16(23)10(2)19-17(24)14-6-7-15(18)25-14/h4-8,10H,1-3H3,(H,19,24)(H,20,22)(H,21,23). The van der Waals surface area contributed by atoms with Gasteiger partial charge in [0.2, 0.25) is 11.8 Å². The van der Waals surface area contributed by atoms with Crippen molar-refractivity contribution in [2.24, 2.45) is 0 Å². The van der Waals surface area contributed by atoms with Crippen molar-refractivity contribution >= 4 is 56.4 Å². The highest BCUT2D eigenvalue weighted by Gasteiger charge is 2.19. The van der Waals surface area contributed by atoms with Crippen LogP contribution in [-0.2, 0) is 9.59 Å². The normalized spacial score (nSPS) is 11.5. The predicted octanol–water partition coefficient (Wildman–Crippen LogP) is 3.53. The molecule has 0 aliphatic carbocycles. The number of nitrogens with one attached hydrogen (secondary N) is 3. The van der Waals surface area contributed by atoms with Crippen LogP contribution in [0.4, 0.5) is 11.4 Å². The lowest BCUT2D eigenvalue weighted by Crippen LogP contribution is -2.41. The summed E-state index contributed by atoms with van der Waals surface area (Å²) in [7, 11) is 0. The number of anilines is 2. The fourth-order valence-corrected chi connectivity index (χ4v) is 3.36. The first kappa shape index (κ1) is 19.1. The van der Waals surface area contributed by atoms with Crippen LogP contribution in [0.3, 0.4) is 0 Å². The van der Waals surface area contributed by atoms with Gasteiger partial charge in [0.25, 0.3) is 5.91 Å². The van der Waals surface area contributed by atoms with Gasteiger partial charge in [0.15, 0.2) is 0 Å². The number of amides is 3. The van der Waals surface area contributed by atoms with Gasteiger partial charge in [-0.2, -0.15) is 0 Å². The number of halogens is 1. The summed E-state index contributed by atoms with van der Waals surface area (Å²) >= 11 is 4.59. The van der Waals surface area contributed by atoms with E-state index in [1.807, 2.05) is 13.0 Å². The molecule has 25 heavy (non-hydrogen) atoms. The molecule has 3 amide bonds. The summed E-state index contributed by atoms with van der Waals surface area (Å²) in [6.45, 7) is 4.88. The Hall–Kier alpha value is -2.19. The fraction of sp³-hybridized carbons (Fsp3) is 0.235. The largest absolute Gasteiger partial charge is 0.340 e. The SMILES string of the molecule is CC(=O)Nc1ccc(C)cc1NC(=O)C(C)NC(=O)c1ccc(Br)s1. The Labute approximate surface area is 158 Å². The van der Waals surface area contributed by atoms with Crippen molar-refractivity contribution in [3.63, 3.8) is 0 Å². The number of benzene rings is 1. The van der Waals surface area contributed by atoms with Crippen LogP contribution < -0.4 is 16.0 Å². The molecule has 0 saturated carbocycles. The molecule has 0 spiro atoms. The number of carbonyl (C=O) groups excluding carboxylic acids is 3. The monoisotopic (exact) mass is 423 g/mol. The average Bonchev–Trinajstić information content (AvgIpc) is 2.96. The molecule has 0 fully saturated rings. The molecule has 1 atom stereocenters. The van der Waals surface area contributed by atoms with E-state index in [0.717, 1.165) is 9.35 Å². The minimum atomic E-state index is -0.737. The lowest BCUT2D eigenvalue weighted by atomic mass is 10.1. The molecule has 1 unspecified atom stereocenters. The maximum absolute atomic E-state index is 12.4. The van der Waals surface area contributed by atoms with Crippen molar-refractivity contribution in [1.82, 2.24) is 5.32 Å². The zero-order valence-electron chi connectivity index (χ0n) is 14.0. The maximum Gasteiger partial charge on any atom is 0.262 e. The van der Waals surface area contributed by atoms with Gasteiger partial charge in [0.1, 0.15) is 6.04 Å². The summed E-state index contributed by atoms with van der Waals surface area (Å²) in [4.78, 5) is 36.3. The van der Waals surface area contributed by atoms with Gasteiger partial charge in [-0.3, -0.25) is 14.4 Å². The molecule has 0 saturated heterocycles. The van der Waals surface area contributed by atoms with E-state index in [9.17, 15) is 14.4 Å². The van der Waals surface area contributed by atoms with Gasteiger partial charge in [-0.1, -0.05) is 6.07 Å². The van der Waals surface area contributed by atoms with Crippen molar-refractivity contribution in [3.05, 3.63) is 44.6 Å². The summed E-state index contributed by atoms with van der Waals surface area (Å²) in [6.07, 6.45) is 0. The minimum Gasteiger partial charge on any atom is -0.340 e. The molecule has 0 aliphatic rings. The molecule has 132 valence electrons. The minimum absolute atomic E-state index is 0.232. The lowest BCUT2D eigenvalue weighted by Gasteiger charge is -2.16. The van der Waals surface area contributed by atoms with E-state index >= 15 is 0 Å². The zero-order chi connectivity index (χ0) is 18.6. The topological polar surface area (TPSA) is 87.3 Å². The zero-order valence-corrected chi connectivity index (χ0v) is 16.4. The number of hydrogen-bond donors (Lipinski definition) is 3. The fourth-order valence-electron chi connectivity index (χ4n) is 2.07. The molecule has 6 nitrogen and oxygen atoms in total. The van der Waals surface area contributed by atoms with Crippen LogP contribution in [0, 0.1) is 6.92 Å². The van der Waals surface area contributed by atoms with Gasteiger partial charge in [-0.15, -0.1) is 11.3 Å². The molecule has 2 rings (SSSR count). The molecule has 1 aromatic heterocycles. The van der Waals surface area contributed by atoms with Crippen LogP contribution in [-0.4, -0.2) is 23.8 Å². The first-order valence-corrected chi connectivity index (χ1v) is 9.12. The molecule has 3 N–H and O–H groups in total. The van der Waals surface area contributed by atoms with E-state index in [2.05, 4.69) is 31.9 Å². The molecule has 8 heteroatoms. The van der Waals surface area contributed by atoms with Crippen LogP contribution in [0.2, 0.25) is 0 Å². The van der Waals surface area contributed by atoms with Crippen LogP contribution in [0.25, 0.3) is 0 Å². The molecule has 0 aliphatic heterocycles. The molecular formula is C17H18BrN3O3S. The Morgan fingerprint density at radius 3 is 2.40 bits per heavy atom. The molecule has 1 heterocycles. The Kier molecular flexibility index (Phi) is 6.33. The number of carbonyl (C=O) groups is 3. The average molecular weight is 424 g/mol. The highest BCUT2D eigenvalue weighted by Crippen LogP contribution is 2.24. The Balaban J connectivity index is 2.07. The Morgan fingerprint density at radius 2 is 1.80 bits per heavy atom. The van der Waals surface area contributed by atoms with E-state index in [-0.39, 0.29) is 17.7 Å². The summed E-state index contributed by atoms with van der Waals surface area (Å²) in [5, 5.41) is 8.07. The first-order chi connectivity index (χ1) is 11.8. The van der Waals surface area contributed by atoms with Gasteiger partial charge in [-0.05, 0) is 59.6 Å². The van der Waals surface area contributed by atoms with Gasteiger partial charge < -0.3 is 16.0 Å². The maximum atomic E-state index is 12.4. The van der Waals surface area contributed by atoms with E-state index < -0.39 is 6.04 Å². The van der Waals surface area contributed by atoms with Gasteiger partial charge in [-0.25, -0.2) is 0 Å². The molecule has 2 aromatic rings. The van der Waals surface area contributed by atoms with E-state index in [0.29, 0.717) is 16.3 Å².